The number of nitrogens with two attached hydrogens (primary N) is 1. The third-order valence-electron chi connectivity index (χ3n) is 2.77. The molecule has 0 aromatic carbocycles. The van der Waals surface area contributed by atoms with Gasteiger partial charge in [-0.2, -0.15) is 0 Å². The van der Waals surface area contributed by atoms with Crippen molar-refractivity contribution in [1.29, 1.82) is 0 Å². The molecule has 0 aliphatic heterocycles. The van der Waals surface area contributed by atoms with Crippen molar-refractivity contribution in [1.82, 2.24) is 5.32 Å². The predicted octanol–water partition coefficient (Wildman–Crippen LogP) is 1.50. The smallest absolute Gasteiger partial charge is 0.0304 e. The van der Waals surface area contributed by atoms with Crippen molar-refractivity contribution in [2.24, 2.45) is 5.73 Å². The first-order chi connectivity index (χ1) is 5.14. The molecule has 0 aromatic rings. The summed E-state index contributed by atoms with van der Waals surface area (Å²) < 4.78 is 0. The fraction of sp³-hybridized carbons (Fsp3) is 1.00. The van der Waals surface area contributed by atoms with Crippen molar-refractivity contribution < 1.29 is 0 Å². The van der Waals surface area contributed by atoms with E-state index in [1.807, 2.05) is 7.05 Å². The molecule has 0 aromatic heterocycles. The van der Waals surface area contributed by atoms with E-state index in [0.29, 0.717) is 6.04 Å². The van der Waals surface area contributed by atoms with Gasteiger partial charge in [-0.05, 0) is 26.3 Å². The first-order valence-corrected chi connectivity index (χ1v) is 4.60. The summed E-state index contributed by atoms with van der Waals surface area (Å²) >= 11 is 0. The number of hydrogen-bond acceptors (Lipinski definition) is 2. The Hall–Kier alpha value is -0.0800. The van der Waals surface area contributed by atoms with Crippen molar-refractivity contribution in [3.63, 3.8) is 0 Å². The number of nitrogens with one attached hydrogen (secondary N) is 1. The molecule has 0 fully saturated rings. The van der Waals surface area contributed by atoms with Gasteiger partial charge in [0.2, 0.25) is 0 Å². The summed E-state index contributed by atoms with van der Waals surface area (Å²) in [7, 11) is 1.99. The Morgan fingerprint density at radius 1 is 1.27 bits per heavy atom. The van der Waals surface area contributed by atoms with Crippen LogP contribution in [0.15, 0.2) is 0 Å². The molecule has 1 unspecified atom stereocenters. The Balaban J connectivity index is 4.19. The van der Waals surface area contributed by atoms with E-state index in [4.69, 9.17) is 5.73 Å². The van der Waals surface area contributed by atoms with Crippen LogP contribution in [-0.4, -0.2) is 18.6 Å². The van der Waals surface area contributed by atoms with Crippen LogP contribution in [0.5, 0.6) is 0 Å². The van der Waals surface area contributed by atoms with Crippen LogP contribution in [-0.2, 0) is 0 Å². The van der Waals surface area contributed by atoms with Gasteiger partial charge in [-0.1, -0.05) is 20.8 Å². The normalized spacial score (nSPS) is 15.0. The Kier molecular flexibility index (Phi) is 4.69. The molecule has 0 saturated carbocycles. The first-order valence-electron chi connectivity index (χ1n) is 4.60. The molecule has 1 atom stereocenters. The average molecular weight is 158 g/mol. The lowest BCUT2D eigenvalue weighted by Gasteiger charge is -2.35. The molecular weight excluding hydrogens is 136 g/mol. The second kappa shape index (κ2) is 4.73. The molecule has 2 nitrogen and oxygen atoms in total. The van der Waals surface area contributed by atoms with Gasteiger partial charge in [0.25, 0.3) is 0 Å². The van der Waals surface area contributed by atoms with E-state index < -0.39 is 0 Å². The molecule has 11 heavy (non-hydrogen) atoms. The molecule has 68 valence electrons. The largest absolute Gasteiger partial charge is 0.324 e. The highest BCUT2D eigenvalue weighted by Gasteiger charge is 2.28. The van der Waals surface area contributed by atoms with E-state index in [0.717, 1.165) is 19.3 Å². The van der Waals surface area contributed by atoms with Gasteiger partial charge in [-0.15, -0.1) is 0 Å². The summed E-state index contributed by atoms with van der Waals surface area (Å²) in [4.78, 5) is 0. The number of rotatable bonds is 5. The first kappa shape index (κ1) is 10.9. The van der Waals surface area contributed by atoms with Crippen molar-refractivity contribution in [2.75, 3.05) is 7.05 Å². The highest BCUT2D eigenvalue weighted by atomic mass is 15.0. The van der Waals surface area contributed by atoms with Gasteiger partial charge >= 0.3 is 0 Å². The lowest BCUT2D eigenvalue weighted by Crippen LogP contribution is -2.55. The number of likely N-dealkylation sites (N-methyl/N-ethyl adjacent to an activating group) is 1. The van der Waals surface area contributed by atoms with Crippen LogP contribution in [0.25, 0.3) is 0 Å². The second-order valence-electron chi connectivity index (χ2n) is 3.19. The zero-order chi connectivity index (χ0) is 8.91. The maximum absolute atomic E-state index is 6.20. The summed E-state index contributed by atoms with van der Waals surface area (Å²) in [6.07, 6.45) is 3.19. The van der Waals surface area contributed by atoms with Crippen LogP contribution in [0.4, 0.5) is 0 Å². The molecule has 0 spiro atoms. The zero-order valence-corrected chi connectivity index (χ0v) is 8.28. The minimum absolute atomic E-state index is 0.0104. The van der Waals surface area contributed by atoms with Gasteiger partial charge in [-0.25, -0.2) is 0 Å². The summed E-state index contributed by atoms with van der Waals surface area (Å²) in [6.45, 7) is 6.49. The van der Waals surface area contributed by atoms with Gasteiger partial charge in [0.1, 0.15) is 0 Å². The van der Waals surface area contributed by atoms with Gasteiger partial charge in [0.15, 0.2) is 0 Å². The summed E-state index contributed by atoms with van der Waals surface area (Å²) in [6, 6.07) is 0.456. The van der Waals surface area contributed by atoms with Gasteiger partial charge in [0, 0.05) is 11.6 Å². The quantitative estimate of drug-likeness (QED) is 0.636. The van der Waals surface area contributed by atoms with Crippen LogP contribution in [0.1, 0.15) is 40.0 Å². The number of hydrogen-bond donors (Lipinski definition) is 2. The predicted molar refractivity (Wildman–Crippen MR) is 50.6 cm³/mol. The van der Waals surface area contributed by atoms with Crippen molar-refractivity contribution in [3.05, 3.63) is 0 Å². The van der Waals surface area contributed by atoms with Crippen LogP contribution >= 0.6 is 0 Å². The van der Waals surface area contributed by atoms with Crippen molar-refractivity contribution >= 4 is 0 Å². The van der Waals surface area contributed by atoms with Crippen LogP contribution < -0.4 is 11.1 Å². The highest BCUT2D eigenvalue weighted by molar-refractivity contribution is 4.92. The topological polar surface area (TPSA) is 38.0 Å². The third-order valence-corrected chi connectivity index (χ3v) is 2.77. The maximum Gasteiger partial charge on any atom is 0.0304 e. The minimum Gasteiger partial charge on any atom is -0.324 e. The van der Waals surface area contributed by atoms with E-state index in [1.54, 1.807) is 0 Å². The Labute approximate surface area is 70.5 Å². The minimum atomic E-state index is -0.0104. The molecule has 0 saturated heterocycles. The molecule has 0 aliphatic rings. The second-order valence-corrected chi connectivity index (χ2v) is 3.19. The molecule has 2 heteroatoms. The van der Waals surface area contributed by atoms with Crippen molar-refractivity contribution in [2.45, 2.75) is 51.6 Å². The maximum atomic E-state index is 6.20. The van der Waals surface area contributed by atoms with Gasteiger partial charge in [-0.3, -0.25) is 0 Å². The Bertz CT molecular complexity index is 93.7. The zero-order valence-electron chi connectivity index (χ0n) is 8.28. The molecule has 3 N–H and O–H groups in total. The van der Waals surface area contributed by atoms with Gasteiger partial charge < -0.3 is 11.1 Å². The molecule has 0 rings (SSSR count). The van der Waals surface area contributed by atoms with E-state index in [9.17, 15) is 0 Å². The third kappa shape index (κ3) is 2.46. The van der Waals surface area contributed by atoms with Crippen LogP contribution in [0.2, 0.25) is 0 Å². The summed E-state index contributed by atoms with van der Waals surface area (Å²) in [5.41, 5.74) is 6.19. The van der Waals surface area contributed by atoms with Gasteiger partial charge in [0.05, 0.1) is 0 Å². The summed E-state index contributed by atoms with van der Waals surface area (Å²) in [5, 5.41) is 3.27. The van der Waals surface area contributed by atoms with E-state index in [2.05, 4.69) is 26.1 Å². The SMILES string of the molecule is CCC(NC)C(N)(CC)CC. The van der Waals surface area contributed by atoms with Crippen LogP contribution in [0.3, 0.4) is 0 Å². The molecule has 0 bridgehead atoms. The fourth-order valence-corrected chi connectivity index (χ4v) is 1.64. The monoisotopic (exact) mass is 158 g/mol. The summed E-state index contributed by atoms with van der Waals surface area (Å²) in [5.74, 6) is 0. The van der Waals surface area contributed by atoms with E-state index >= 15 is 0 Å². The van der Waals surface area contributed by atoms with E-state index in [1.165, 1.54) is 0 Å². The lowest BCUT2D eigenvalue weighted by molar-refractivity contribution is 0.280. The molecule has 0 heterocycles. The van der Waals surface area contributed by atoms with Crippen LogP contribution in [0, 0.1) is 0 Å². The molecule has 0 radical (unpaired) electrons. The fourth-order valence-electron chi connectivity index (χ4n) is 1.64. The van der Waals surface area contributed by atoms with Crippen molar-refractivity contribution in [3.8, 4) is 0 Å². The lowest BCUT2D eigenvalue weighted by atomic mass is 9.84. The molecule has 0 amide bonds. The average Bonchev–Trinajstić information content (AvgIpc) is 2.06. The van der Waals surface area contributed by atoms with E-state index in [-0.39, 0.29) is 5.54 Å². The molecule has 0 aliphatic carbocycles. The Morgan fingerprint density at radius 3 is 1.82 bits per heavy atom. The standard InChI is InChI=1S/C9H22N2/c1-5-8(11-4)9(10,6-2)7-3/h8,11H,5-7,10H2,1-4H3. The molecular formula is C9H22N2. The Morgan fingerprint density at radius 2 is 1.73 bits per heavy atom. The highest BCUT2D eigenvalue weighted by Crippen LogP contribution is 2.18.